The molecule has 0 aromatic heterocycles. The van der Waals surface area contributed by atoms with Gasteiger partial charge >= 0.3 is 5.97 Å². The molecule has 0 radical (unpaired) electrons. The van der Waals surface area contributed by atoms with Gasteiger partial charge in [0.15, 0.2) is 5.17 Å². The van der Waals surface area contributed by atoms with Crippen molar-refractivity contribution < 1.29 is 19.0 Å². The number of nitrogens with zero attached hydrogens (tertiary/aromatic N) is 3. The van der Waals surface area contributed by atoms with Crippen molar-refractivity contribution in [3.05, 3.63) is 46.6 Å². The second kappa shape index (κ2) is 8.51. The number of allylic oxidation sites excluding steroid dienone is 1. The molecule has 4 rings (SSSR count). The standard InChI is InChI=1S/C21H25N3O4S/c1-4-28-20(25)18-14(2)22-21-24(9-12-29-21)19(18)16-6-5-15(13-17(16)26-3)23-7-10-27-11-8-23/h5-6,9,12-13,19H,4,7-8,10-11H2,1-3H3/t19-/m1/s1. The van der Waals surface area contributed by atoms with Gasteiger partial charge < -0.3 is 24.0 Å². The first-order valence-electron chi connectivity index (χ1n) is 9.73. The monoisotopic (exact) mass is 415 g/mol. The summed E-state index contributed by atoms with van der Waals surface area (Å²) in [5, 5.41) is 2.82. The third kappa shape index (κ3) is 3.74. The average Bonchev–Trinajstić information content (AvgIpc) is 3.21. The number of rotatable bonds is 5. The molecule has 0 amide bonds. The molecule has 1 saturated heterocycles. The van der Waals surface area contributed by atoms with E-state index in [9.17, 15) is 4.79 Å². The van der Waals surface area contributed by atoms with Gasteiger partial charge in [-0.15, -0.1) is 0 Å². The average molecular weight is 416 g/mol. The molecule has 3 aliphatic heterocycles. The van der Waals surface area contributed by atoms with Gasteiger partial charge in [0, 0.05) is 36.6 Å². The highest BCUT2D eigenvalue weighted by Gasteiger charge is 2.39. The number of esters is 1. The van der Waals surface area contributed by atoms with Crippen LogP contribution in [0, 0.1) is 0 Å². The van der Waals surface area contributed by atoms with Crippen LogP contribution in [0.15, 0.2) is 46.1 Å². The van der Waals surface area contributed by atoms with Crippen LogP contribution in [0.1, 0.15) is 25.5 Å². The summed E-state index contributed by atoms with van der Waals surface area (Å²) in [6, 6.07) is 5.82. The molecule has 1 atom stereocenters. The third-order valence-corrected chi connectivity index (χ3v) is 5.97. The Bertz CT molecular complexity index is 890. The van der Waals surface area contributed by atoms with Gasteiger partial charge in [0.05, 0.1) is 44.2 Å². The topological polar surface area (TPSA) is 63.6 Å². The van der Waals surface area contributed by atoms with Gasteiger partial charge in [0.2, 0.25) is 0 Å². The van der Waals surface area contributed by atoms with Crippen molar-refractivity contribution in [1.29, 1.82) is 0 Å². The van der Waals surface area contributed by atoms with E-state index in [1.165, 1.54) is 0 Å². The van der Waals surface area contributed by atoms with Crippen molar-refractivity contribution in [3.63, 3.8) is 0 Å². The lowest BCUT2D eigenvalue weighted by Crippen LogP contribution is -2.36. The molecule has 1 fully saturated rings. The lowest BCUT2D eigenvalue weighted by molar-refractivity contribution is -0.139. The van der Waals surface area contributed by atoms with Gasteiger partial charge in [-0.2, -0.15) is 0 Å². The smallest absolute Gasteiger partial charge is 0.338 e. The first kappa shape index (κ1) is 19.8. The molecule has 3 aliphatic rings. The molecule has 3 heterocycles. The molecule has 1 aromatic rings. The van der Waals surface area contributed by atoms with Crippen LogP contribution in [0.2, 0.25) is 0 Å². The van der Waals surface area contributed by atoms with E-state index < -0.39 is 0 Å². The summed E-state index contributed by atoms with van der Waals surface area (Å²) in [6.45, 7) is 7.12. The molecule has 1 aromatic carbocycles. The van der Waals surface area contributed by atoms with Crippen LogP contribution in [-0.2, 0) is 14.3 Å². The van der Waals surface area contributed by atoms with Gasteiger partial charge in [-0.1, -0.05) is 17.8 Å². The first-order chi connectivity index (χ1) is 14.1. The fourth-order valence-electron chi connectivity index (χ4n) is 3.82. The summed E-state index contributed by atoms with van der Waals surface area (Å²) in [6.07, 6.45) is 1.95. The Morgan fingerprint density at radius 3 is 2.86 bits per heavy atom. The Kier molecular flexibility index (Phi) is 5.82. The molecule has 0 saturated carbocycles. The molecule has 0 spiro atoms. The van der Waals surface area contributed by atoms with Gasteiger partial charge in [0.1, 0.15) is 5.75 Å². The number of amidine groups is 1. The van der Waals surface area contributed by atoms with E-state index in [-0.39, 0.29) is 12.0 Å². The molecule has 0 bridgehead atoms. The maximum absolute atomic E-state index is 12.8. The van der Waals surface area contributed by atoms with E-state index in [2.05, 4.69) is 16.0 Å². The highest BCUT2D eigenvalue weighted by atomic mass is 32.2. The van der Waals surface area contributed by atoms with E-state index in [1.54, 1.807) is 18.9 Å². The number of hydrogen-bond acceptors (Lipinski definition) is 8. The second-order valence-electron chi connectivity index (χ2n) is 6.85. The summed E-state index contributed by atoms with van der Waals surface area (Å²) in [5.41, 5.74) is 3.21. The van der Waals surface area contributed by atoms with E-state index in [4.69, 9.17) is 14.2 Å². The Labute approximate surface area is 175 Å². The summed E-state index contributed by atoms with van der Waals surface area (Å²) in [7, 11) is 1.66. The van der Waals surface area contributed by atoms with Gasteiger partial charge in [-0.3, -0.25) is 0 Å². The van der Waals surface area contributed by atoms with Crippen LogP contribution in [0.5, 0.6) is 5.75 Å². The van der Waals surface area contributed by atoms with Crippen LogP contribution in [0.25, 0.3) is 0 Å². The minimum absolute atomic E-state index is 0.316. The highest BCUT2D eigenvalue weighted by molar-refractivity contribution is 8.16. The van der Waals surface area contributed by atoms with Crippen molar-refractivity contribution in [2.75, 3.05) is 44.9 Å². The third-order valence-electron chi connectivity index (χ3n) is 5.20. The predicted molar refractivity (Wildman–Crippen MR) is 114 cm³/mol. The summed E-state index contributed by atoms with van der Waals surface area (Å²) >= 11 is 1.54. The quantitative estimate of drug-likeness (QED) is 0.684. The fraction of sp³-hybridized carbons (Fsp3) is 0.429. The summed E-state index contributed by atoms with van der Waals surface area (Å²) in [4.78, 5) is 21.7. The lowest BCUT2D eigenvalue weighted by Gasteiger charge is -2.35. The van der Waals surface area contributed by atoms with Crippen molar-refractivity contribution in [2.24, 2.45) is 4.99 Å². The molecular weight excluding hydrogens is 390 g/mol. The Morgan fingerprint density at radius 2 is 2.14 bits per heavy atom. The number of morpholine rings is 1. The zero-order valence-corrected chi connectivity index (χ0v) is 17.7. The molecule has 8 heteroatoms. The number of methoxy groups -OCH3 is 1. The first-order valence-corrected chi connectivity index (χ1v) is 10.6. The second-order valence-corrected chi connectivity index (χ2v) is 7.73. The van der Waals surface area contributed by atoms with Crippen LogP contribution in [0.3, 0.4) is 0 Å². The Morgan fingerprint density at radius 1 is 1.34 bits per heavy atom. The SMILES string of the molecule is CCOC(=O)C1=C(C)N=C2SC=CN2[C@@H]1c1ccc(N2CCOCC2)cc1OC. The molecule has 154 valence electrons. The van der Waals surface area contributed by atoms with Crippen LogP contribution in [-0.4, -0.2) is 56.1 Å². The highest BCUT2D eigenvalue weighted by Crippen LogP contribution is 2.44. The zero-order chi connectivity index (χ0) is 20.4. The molecule has 0 aliphatic carbocycles. The van der Waals surface area contributed by atoms with Crippen molar-refractivity contribution >= 4 is 28.6 Å². The molecule has 29 heavy (non-hydrogen) atoms. The van der Waals surface area contributed by atoms with E-state index >= 15 is 0 Å². The van der Waals surface area contributed by atoms with Gasteiger partial charge in [0.25, 0.3) is 0 Å². The fourth-order valence-corrected chi connectivity index (χ4v) is 4.61. The summed E-state index contributed by atoms with van der Waals surface area (Å²) < 4.78 is 16.6. The largest absolute Gasteiger partial charge is 0.496 e. The van der Waals surface area contributed by atoms with E-state index in [0.717, 1.165) is 48.5 Å². The predicted octanol–water partition coefficient (Wildman–Crippen LogP) is 3.30. The number of thioether (sulfide) groups is 1. The minimum Gasteiger partial charge on any atom is -0.496 e. The van der Waals surface area contributed by atoms with Gasteiger partial charge in [-0.05, 0) is 25.3 Å². The zero-order valence-electron chi connectivity index (χ0n) is 16.9. The Hall–Kier alpha value is -2.45. The van der Waals surface area contributed by atoms with Crippen LogP contribution in [0.4, 0.5) is 5.69 Å². The number of ether oxygens (including phenoxy) is 3. The number of benzene rings is 1. The summed E-state index contributed by atoms with van der Waals surface area (Å²) in [5.74, 6) is 0.391. The number of anilines is 1. The Balaban J connectivity index is 1.76. The van der Waals surface area contributed by atoms with Crippen molar-refractivity contribution in [3.8, 4) is 5.75 Å². The van der Waals surface area contributed by atoms with E-state index in [1.807, 2.05) is 42.5 Å². The number of fused-ring (bicyclic) bond motifs is 1. The molecule has 0 N–H and O–H groups in total. The normalized spacial score (nSPS) is 21.2. The number of carbonyl (C=O) groups is 1. The maximum Gasteiger partial charge on any atom is 0.338 e. The van der Waals surface area contributed by atoms with Crippen molar-refractivity contribution in [1.82, 2.24) is 4.90 Å². The lowest BCUT2D eigenvalue weighted by atomic mass is 9.93. The molecule has 0 unspecified atom stereocenters. The maximum atomic E-state index is 12.8. The number of aliphatic imine (C=N–C) groups is 1. The van der Waals surface area contributed by atoms with Crippen molar-refractivity contribution in [2.45, 2.75) is 19.9 Å². The number of carbonyl (C=O) groups excluding carboxylic acids is 1. The van der Waals surface area contributed by atoms with Crippen LogP contribution < -0.4 is 9.64 Å². The van der Waals surface area contributed by atoms with Gasteiger partial charge in [-0.25, -0.2) is 9.79 Å². The number of hydrogen-bond donors (Lipinski definition) is 0. The minimum atomic E-state index is -0.346. The molecular formula is C21H25N3O4S. The van der Waals surface area contributed by atoms with E-state index in [0.29, 0.717) is 17.9 Å². The molecule has 7 nitrogen and oxygen atoms in total. The van der Waals surface area contributed by atoms with Crippen LogP contribution >= 0.6 is 11.8 Å².